The minimum Gasteiger partial charge on any atom is -0.310 e. The summed E-state index contributed by atoms with van der Waals surface area (Å²) < 4.78 is 5.43. The third-order valence-corrected chi connectivity index (χ3v) is 15.6. The molecule has 4 heterocycles. The van der Waals surface area contributed by atoms with Gasteiger partial charge in [-0.3, -0.25) is 0 Å². The standard InChI is InChI=1S/C62H63BN2/c1-58(2,3)34-20-23-40-42(26-34)39-18-16-17-19-41(39)53-45(40)33-52-54-57(53)65-51-25-22-36(60(7,8)9)28-44(51)47-30-38(62(13,14)15)32-49(56(47)65)63(54)48-31-37(61(10,11)12)29-46-43-27-35(59(4,5)6)21-24-50(43)64(52)55(46)48/h16-33H,1-15H3. The molecule has 0 aliphatic carbocycles. The summed E-state index contributed by atoms with van der Waals surface area (Å²) in [5.41, 5.74) is 19.0. The lowest BCUT2D eigenvalue weighted by molar-refractivity contribution is 0.590. The van der Waals surface area contributed by atoms with Crippen molar-refractivity contribution in [1.29, 1.82) is 0 Å². The summed E-state index contributed by atoms with van der Waals surface area (Å²) in [6.45, 7) is 35.5. The van der Waals surface area contributed by atoms with Crippen LogP contribution in [0.25, 0.3) is 87.3 Å². The molecule has 324 valence electrons. The van der Waals surface area contributed by atoms with Crippen molar-refractivity contribution < 1.29 is 0 Å². The quantitative estimate of drug-likeness (QED) is 0.106. The highest BCUT2D eigenvalue weighted by atomic mass is 15.0. The predicted octanol–water partition coefficient (Wildman–Crippen LogP) is 15.0. The lowest BCUT2D eigenvalue weighted by Gasteiger charge is -2.36. The Kier molecular flexibility index (Phi) is 7.86. The summed E-state index contributed by atoms with van der Waals surface area (Å²) in [6, 6.07) is 44.3. The fourth-order valence-electron chi connectivity index (χ4n) is 11.8. The van der Waals surface area contributed by atoms with Gasteiger partial charge in [-0.2, -0.15) is 0 Å². The molecule has 8 aromatic carbocycles. The highest BCUT2D eigenvalue weighted by Gasteiger charge is 2.44. The van der Waals surface area contributed by atoms with Crippen LogP contribution in [-0.2, 0) is 27.1 Å². The maximum Gasteiger partial charge on any atom is 0.252 e. The average Bonchev–Trinajstić information content (AvgIpc) is 3.74. The molecule has 0 unspecified atom stereocenters. The van der Waals surface area contributed by atoms with Crippen LogP contribution in [0.2, 0.25) is 0 Å². The minimum atomic E-state index is -0.0518. The van der Waals surface area contributed by atoms with Gasteiger partial charge < -0.3 is 9.13 Å². The smallest absolute Gasteiger partial charge is 0.252 e. The first-order valence-electron chi connectivity index (χ1n) is 24.1. The van der Waals surface area contributed by atoms with E-state index in [0.29, 0.717) is 0 Å². The van der Waals surface area contributed by atoms with Gasteiger partial charge in [-0.1, -0.05) is 165 Å². The van der Waals surface area contributed by atoms with Crippen LogP contribution in [0.15, 0.2) is 109 Å². The van der Waals surface area contributed by atoms with E-state index in [4.69, 9.17) is 0 Å². The van der Waals surface area contributed by atoms with E-state index in [1.807, 2.05) is 0 Å². The van der Waals surface area contributed by atoms with E-state index >= 15 is 0 Å². The first-order chi connectivity index (χ1) is 30.4. The van der Waals surface area contributed by atoms with Gasteiger partial charge in [0.2, 0.25) is 0 Å². The van der Waals surface area contributed by atoms with Crippen molar-refractivity contribution in [3.63, 3.8) is 0 Å². The Bertz CT molecular complexity index is 3770. The molecule has 0 atom stereocenters. The van der Waals surface area contributed by atoms with E-state index in [2.05, 4.69) is 222 Å². The zero-order chi connectivity index (χ0) is 45.8. The fraction of sp³-hybridized carbons (Fsp3) is 0.323. The molecule has 2 nitrogen and oxygen atoms in total. The van der Waals surface area contributed by atoms with Crippen LogP contribution in [0.3, 0.4) is 0 Å². The van der Waals surface area contributed by atoms with Crippen LogP contribution < -0.4 is 16.4 Å². The summed E-state index contributed by atoms with van der Waals surface area (Å²) in [4.78, 5) is 0. The highest BCUT2D eigenvalue weighted by Crippen LogP contribution is 2.48. The Balaban J connectivity index is 1.39. The lowest BCUT2D eigenvalue weighted by Crippen LogP contribution is -2.59. The molecule has 2 aromatic heterocycles. The van der Waals surface area contributed by atoms with Crippen molar-refractivity contribution in [3.8, 4) is 11.4 Å². The molecule has 0 bridgehead atoms. The molecule has 0 saturated carbocycles. The van der Waals surface area contributed by atoms with Crippen LogP contribution in [0.5, 0.6) is 0 Å². The van der Waals surface area contributed by atoms with Crippen LogP contribution in [-0.4, -0.2) is 15.8 Å². The zero-order valence-corrected chi connectivity index (χ0v) is 41.4. The van der Waals surface area contributed by atoms with E-state index in [1.54, 1.807) is 0 Å². The molecule has 2 aliphatic heterocycles. The van der Waals surface area contributed by atoms with Crippen LogP contribution >= 0.6 is 0 Å². The molecule has 3 heteroatoms. The highest BCUT2D eigenvalue weighted by molar-refractivity contribution is 7.00. The number of nitrogens with zero attached hydrogens (tertiary/aromatic N) is 2. The Morgan fingerprint density at radius 1 is 0.338 bits per heavy atom. The topological polar surface area (TPSA) is 9.86 Å². The summed E-state index contributed by atoms with van der Waals surface area (Å²) >= 11 is 0. The monoisotopic (exact) mass is 847 g/mol. The average molecular weight is 847 g/mol. The number of rotatable bonds is 0. The van der Waals surface area contributed by atoms with Gasteiger partial charge in [-0.15, -0.1) is 0 Å². The van der Waals surface area contributed by atoms with Crippen LogP contribution in [0.4, 0.5) is 0 Å². The molecule has 65 heavy (non-hydrogen) atoms. The molecule has 0 N–H and O–H groups in total. The summed E-state index contributed by atoms with van der Waals surface area (Å²) in [5.74, 6) is 0. The van der Waals surface area contributed by atoms with Gasteiger partial charge in [0.1, 0.15) is 0 Å². The first kappa shape index (κ1) is 40.7. The molecule has 2 aliphatic rings. The van der Waals surface area contributed by atoms with E-state index in [1.165, 1.54) is 132 Å². The SMILES string of the molecule is CC(C)(C)c1ccc2c(c1)c1ccccc1c1c3c4c(cc21)-n1c2ccc(C(C)(C)C)cc2c2cc(C(C)(C)C)cc(c21)B4c1cc(C(C)(C)C)cc2c4cc(C(C)(C)C)ccc4n-3c12. The third kappa shape index (κ3) is 5.54. The number of hydrogen-bond acceptors (Lipinski definition) is 0. The van der Waals surface area contributed by atoms with Crippen molar-refractivity contribution in [2.45, 2.75) is 131 Å². The number of benzene rings is 8. The summed E-state index contributed by atoms with van der Waals surface area (Å²) in [6.07, 6.45) is 0. The van der Waals surface area contributed by atoms with Crippen LogP contribution in [0, 0.1) is 0 Å². The molecular weight excluding hydrogens is 784 g/mol. The fourth-order valence-corrected chi connectivity index (χ4v) is 11.8. The molecule has 0 radical (unpaired) electrons. The first-order valence-corrected chi connectivity index (χ1v) is 24.1. The van der Waals surface area contributed by atoms with E-state index in [0.717, 1.165) is 0 Å². The number of hydrogen-bond donors (Lipinski definition) is 0. The second-order valence-electron chi connectivity index (χ2n) is 25.1. The van der Waals surface area contributed by atoms with Crippen molar-refractivity contribution in [1.82, 2.24) is 9.13 Å². The maximum absolute atomic E-state index is 2.73. The number of aromatic nitrogens is 2. The van der Waals surface area contributed by atoms with Gasteiger partial charge in [0.25, 0.3) is 6.71 Å². The summed E-state index contributed by atoms with van der Waals surface area (Å²) in [7, 11) is 0. The molecular formula is C62H63BN2. The van der Waals surface area contributed by atoms with Gasteiger partial charge in [0.15, 0.2) is 0 Å². The normalized spacial score (nSPS) is 14.4. The zero-order valence-electron chi connectivity index (χ0n) is 41.4. The Morgan fingerprint density at radius 2 is 0.754 bits per heavy atom. The Hall–Kier alpha value is -5.80. The minimum absolute atomic E-state index is 0.00790. The maximum atomic E-state index is 2.73. The van der Waals surface area contributed by atoms with Crippen molar-refractivity contribution >= 4 is 99.0 Å². The molecule has 0 amide bonds. The van der Waals surface area contributed by atoms with Crippen LogP contribution in [0.1, 0.15) is 132 Å². The summed E-state index contributed by atoms with van der Waals surface area (Å²) in [5, 5.41) is 13.4. The predicted molar refractivity (Wildman–Crippen MR) is 286 cm³/mol. The lowest BCUT2D eigenvalue weighted by atomic mass is 9.33. The molecule has 12 rings (SSSR count). The Morgan fingerprint density at radius 3 is 1.26 bits per heavy atom. The molecule has 0 fully saturated rings. The van der Waals surface area contributed by atoms with Crippen molar-refractivity contribution in [2.75, 3.05) is 0 Å². The van der Waals surface area contributed by atoms with E-state index < -0.39 is 0 Å². The third-order valence-electron chi connectivity index (χ3n) is 15.6. The van der Waals surface area contributed by atoms with Gasteiger partial charge in [0.05, 0.1) is 16.7 Å². The largest absolute Gasteiger partial charge is 0.310 e. The van der Waals surface area contributed by atoms with E-state index in [-0.39, 0.29) is 33.8 Å². The second kappa shape index (κ2) is 12.5. The second-order valence-corrected chi connectivity index (χ2v) is 25.1. The van der Waals surface area contributed by atoms with E-state index in [9.17, 15) is 0 Å². The van der Waals surface area contributed by atoms with Gasteiger partial charge >= 0.3 is 0 Å². The number of fused-ring (bicyclic) bond motifs is 17. The van der Waals surface area contributed by atoms with Gasteiger partial charge in [0, 0.05) is 43.7 Å². The van der Waals surface area contributed by atoms with Crippen molar-refractivity contribution in [3.05, 3.63) is 137 Å². The van der Waals surface area contributed by atoms with Gasteiger partial charge in [-0.05, 0) is 147 Å². The van der Waals surface area contributed by atoms with Gasteiger partial charge in [-0.25, -0.2) is 0 Å². The Labute approximate surface area is 385 Å². The molecule has 10 aromatic rings. The van der Waals surface area contributed by atoms with Crippen molar-refractivity contribution in [2.24, 2.45) is 0 Å². The molecule has 0 spiro atoms. The molecule has 0 saturated heterocycles.